The van der Waals surface area contributed by atoms with Crippen LogP contribution in [0.5, 0.6) is 17.2 Å². The monoisotopic (exact) mass is 485 g/mol. The number of hydrogen-bond acceptors (Lipinski definition) is 7. The molecule has 0 spiro atoms. The van der Waals surface area contributed by atoms with Gasteiger partial charge in [0.2, 0.25) is 5.78 Å². The van der Waals surface area contributed by atoms with Gasteiger partial charge in [0.05, 0.1) is 30.9 Å². The number of carbonyl (C=O) groups is 2. The van der Waals surface area contributed by atoms with Gasteiger partial charge in [0.1, 0.15) is 24.0 Å². The van der Waals surface area contributed by atoms with Gasteiger partial charge in [-0.3, -0.25) is 9.69 Å². The first kappa shape index (κ1) is 23.6. The number of para-hydroxylation sites is 1. The highest BCUT2D eigenvalue weighted by Gasteiger charge is 2.35. The van der Waals surface area contributed by atoms with Crippen LogP contribution in [0.1, 0.15) is 43.0 Å². The molecule has 0 amide bonds. The van der Waals surface area contributed by atoms with Crippen molar-refractivity contribution in [2.75, 3.05) is 27.5 Å². The number of ketones is 1. The molecule has 184 valence electrons. The first-order valence-corrected chi connectivity index (χ1v) is 11.7. The summed E-state index contributed by atoms with van der Waals surface area (Å²) in [4.78, 5) is 27.1. The van der Waals surface area contributed by atoms with Gasteiger partial charge in [-0.2, -0.15) is 0 Å². The lowest BCUT2D eigenvalue weighted by molar-refractivity contribution is 0.0600. The number of allylic oxidation sites excluding steroid dienone is 1. The second-order valence-electron chi connectivity index (χ2n) is 8.82. The summed E-state index contributed by atoms with van der Waals surface area (Å²) >= 11 is 0. The Morgan fingerprint density at radius 2 is 1.89 bits per heavy atom. The number of hydrogen-bond donors (Lipinski definition) is 0. The van der Waals surface area contributed by atoms with Gasteiger partial charge in [0.25, 0.3) is 0 Å². The smallest absolute Gasteiger partial charge is 0.337 e. The Labute approximate surface area is 209 Å². The Hall–Kier alpha value is -4.10. The van der Waals surface area contributed by atoms with Crippen LogP contribution >= 0.6 is 0 Å². The maximum Gasteiger partial charge on any atom is 0.337 e. The summed E-state index contributed by atoms with van der Waals surface area (Å²) in [5.41, 5.74) is 4.59. The minimum absolute atomic E-state index is 0.159. The Kier molecular flexibility index (Phi) is 6.48. The predicted molar refractivity (Wildman–Crippen MR) is 134 cm³/mol. The van der Waals surface area contributed by atoms with E-state index < -0.39 is 5.97 Å². The minimum atomic E-state index is -0.410. The number of rotatable bonds is 6. The molecule has 0 aliphatic carbocycles. The van der Waals surface area contributed by atoms with E-state index in [1.165, 1.54) is 7.11 Å². The third-order valence-electron chi connectivity index (χ3n) is 6.51. The van der Waals surface area contributed by atoms with Crippen molar-refractivity contribution in [1.82, 2.24) is 4.90 Å². The summed E-state index contributed by atoms with van der Waals surface area (Å²) in [7, 11) is 3.02. The second-order valence-corrected chi connectivity index (χ2v) is 8.82. The van der Waals surface area contributed by atoms with E-state index in [-0.39, 0.29) is 11.5 Å². The highest BCUT2D eigenvalue weighted by molar-refractivity contribution is 6.16. The van der Waals surface area contributed by atoms with Crippen LogP contribution in [0, 0.1) is 6.92 Å². The van der Waals surface area contributed by atoms with Crippen molar-refractivity contribution in [3.05, 3.63) is 93.7 Å². The Morgan fingerprint density at radius 1 is 1.11 bits per heavy atom. The topological polar surface area (TPSA) is 74.3 Å². The average Bonchev–Trinajstić information content (AvgIpc) is 3.24. The number of carbonyl (C=O) groups excluding carboxylic acids is 2. The standard InChI is InChI=1S/C29H27NO6/c1-18-14-24-22(16-30(17-35-24)13-12-20-6-4-5-7-23(20)33-2)28-26(18)27(31)25(36-28)15-19-8-10-21(11-9-19)29(32)34-3/h4-11,14-15H,12-13,16-17H2,1-3H3/b25-15-. The molecule has 36 heavy (non-hydrogen) atoms. The molecular formula is C29H27NO6. The largest absolute Gasteiger partial charge is 0.496 e. The molecule has 0 saturated heterocycles. The Morgan fingerprint density at radius 3 is 2.64 bits per heavy atom. The van der Waals surface area contributed by atoms with E-state index in [1.54, 1.807) is 37.5 Å². The van der Waals surface area contributed by atoms with Crippen molar-refractivity contribution < 1.29 is 28.5 Å². The van der Waals surface area contributed by atoms with Crippen LogP contribution < -0.4 is 14.2 Å². The quantitative estimate of drug-likeness (QED) is 0.367. The molecule has 2 heterocycles. The zero-order chi connectivity index (χ0) is 25.2. The molecule has 2 aliphatic rings. The lowest BCUT2D eigenvalue weighted by atomic mass is 9.98. The van der Waals surface area contributed by atoms with E-state index >= 15 is 0 Å². The number of Topliss-reactive ketones (excluding diaryl/α,β-unsaturated/α-hetero) is 1. The summed E-state index contributed by atoms with van der Waals surface area (Å²) in [5.74, 6) is 1.86. The van der Waals surface area contributed by atoms with Gasteiger partial charge in [-0.1, -0.05) is 30.3 Å². The number of benzene rings is 3. The lowest BCUT2D eigenvalue weighted by Crippen LogP contribution is -2.34. The fraction of sp³-hybridized carbons (Fsp3) is 0.241. The van der Waals surface area contributed by atoms with Gasteiger partial charge in [0.15, 0.2) is 5.76 Å². The van der Waals surface area contributed by atoms with Crippen molar-refractivity contribution in [1.29, 1.82) is 0 Å². The fourth-order valence-electron chi connectivity index (χ4n) is 4.59. The molecule has 0 bridgehead atoms. The first-order chi connectivity index (χ1) is 17.5. The molecule has 3 aromatic carbocycles. The van der Waals surface area contributed by atoms with Gasteiger partial charge in [-0.25, -0.2) is 4.79 Å². The fourth-order valence-corrected chi connectivity index (χ4v) is 4.59. The number of nitrogens with zero attached hydrogens (tertiary/aromatic N) is 1. The van der Waals surface area contributed by atoms with Crippen molar-refractivity contribution >= 4 is 17.8 Å². The SMILES string of the molecule is COC(=O)c1ccc(/C=C2\Oc3c4c(cc(C)c3C2=O)OCN(CCc2ccccc2OC)C4)cc1. The van der Waals surface area contributed by atoms with E-state index in [0.29, 0.717) is 30.2 Å². The van der Waals surface area contributed by atoms with Crippen molar-refractivity contribution in [3.8, 4) is 17.2 Å². The maximum absolute atomic E-state index is 13.3. The van der Waals surface area contributed by atoms with Crippen molar-refractivity contribution in [2.24, 2.45) is 0 Å². The Bertz CT molecular complexity index is 1360. The highest BCUT2D eigenvalue weighted by atomic mass is 16.5. The highest BCUT2D eigenvalue weighted by Crippen LogP contribution is 2.44. The molecule has 7 heteroatoms. The number of methoxy groups -OCH3 is 2. The molecule has 0 atom stereocenters. The second kappa shape index (κ2) is 9.87. The normalized spacial score (nSPS) is 15.6. The first-order valence-electron chi connectivity index (χ1n) is 11.7. The molecule has 0 radical (unpaired) electrons. The van der Waals surface area contributed by atoms with Gasteiger partial charge in [-0.05, 0) is 60.4 Å². The maximum atomic E-state index is 13.3. The summed E-state index contributed by atoms with van der Waals surface area (Å²) < 4.78 is 22.4. The summed E-state index contributed by atoms with van der Waals surface area (Å²) in [6.45, 7) is 3.74. The zero-order valence-electron chi connectivity index (χ0n) is 20.5. The van der Waals surface area contributed by atoms with Crippen LogP contribution in [0.3, 0.4) is 0 Å². The number of aryl methyl sites for hydroxylation is 1. The van der Waals surface area contributed by atoms with Gasteiger partial charge < -0.3 is 18.9 Å². The van der Waals surface area contributed by atoms with E-state index in [2.05, 4.69) is 11.0 Å². The van der Waals surface area contributed by atoms with Crippen molar-refractivity contribution in [2.45, 2.75) is 19.9 Å². The number of fused-ring (bicyclic) bond motifs is 3. The summed E-state index contributed by atoms with van der Waals surface area (Å²) in [5, 5.41) is 0. The van der Waals surface area contributed by atoms with E-state index in [4.69, 9.17) is 18.9 Å². The van der Waals surface area contributed by atoms with Crippen molar-refractivity contribution in [3.63, 3.8) is 0 Å². The number of esters is 1. The summed E-state index contributed by atoms with van der Waals surface area (Å²) in [6.07, 6.45) is 2.50. The van der Waals surface area contributed by atoms with Crippen LogP contribution in [0.25, 0.3) is 6.08 Å². The van der Waals surface area contributed by atoms with Crippen LogP contribution in [0.15, 0.2) is 60.4 Å². The number of ether oxygens (including phenoxy) is 4. The van der Waals surface area contributed by atoms with E-state index in [0.717, 1.165) is 46.7 Å². The van der Waals surface area contributed by atoms with Crippen LogP contribution in [-0.2, 0) is 17.7 Å². The molecule has 2 aliphatic heterocycles. The minimum Gasteiger partial charge on any atom is -0.496 e. The molecule has 3 aromatic rings. The van der Waals surface area contributed by atoms with Crippen LogP contribution in [-0.4, -0.2) is 44.1 Å². The molecule has 0 unspecified atom stereocenters. The Balaban J connectivity index is 1.37. The van der Waals surface area contributed by atoms with Crippen LogP contribution in [0.2, 0.25) is 0 Å². The zero-order valence-corrected chi connectivity index (χ0v) is 20.5. The third kappa shape index (κ3) is 4.45. The van der Waals surface area contributed by atoms with E-state index in [1.807, 2.05) is 31.2 Å². The van der Waals surface area contributed by atoms with Gasteiger partial charge >= 0.3 is 5.97 Å². The molecule has 0 N–H and O–H groups in total. The molecular weight excluding hydrogens is 458 g/mol. The summed E-state index contributed by atoms with van der Waals surface area (Å²) in [6, 6.07) is 16.7. The van der Waals surface area contributed by atoms with Crippen LogP contribution in [0.4, 0.5) is 0 Å². The molecule has 5 rings (SSSR count). The molecule has 0 aromatic heterocycles. The van der Waals surface area contributed by atoms with Gasteiger partial charge in [-0.15, -0.1) is 0 Å². The van der Waals surface area contributed by atoms with E-state index in [9.17, 15) is 9.59 Å². The third-order valence-corrected chi connectivity index (χ3v) is 6.51. The molecule has 0 fully saturated rings. The molecule has 0 saturated carbocycles. The molecule has 7 nitrogen and oxygen atoms in total. The van der Waals surface area contributed by atoms with Gasteiger partial charge in [0, 0.05) is 13.1 Å². The lowest BCUT2D eigenvalue weighted by Gasteiger charge is -2.30. The average molecular weight is 486 g/mol. The predicted octanol–water partition coefficient (Wildman–Crippen LogP) is 4.80.